The first-order chi connectivity index (χ1) is 22.4. The molecule has 0 spiro atoms. The van der Waals surface area contributed by atoms with Crippen molar-refractivity contribution in [3.63, 3.8) is 0 Å². The first-order valence-corrected chi connectivity index (χ1v) is 16.5. The van der Waals surface area contributed by atoms with Gasteiger partial charge in [0.15, 0.2) is 5.13 Å². The number of ether oxygens (including phenoxy) is 1. The first kappa shape index (κ1) is 32.5. The second-order valence-electron chi connectivity index (χ2n) is 9.71. The van der Waals surface area contributed by atoms with E-state index in [1.54, 1.807) is 72.8 Å². The molecule has 5 aromatic rings. The number of benzene rings is 4. The minimum Gasteiger partial charge on any atom is -0.493 e. The number of hydrogen-bond acceptors (Lipinski definition) is 7. The molecule has 3 amide bonds. The van der Waals surface area contributed by atoms with Gasteiger partial charge in [-0.3, -0.25) is 14.4 Å². The zero-order valence-electron chi connectivity index (χ0n) is 24.7. The average molecular weight is 669 g/mol. The van der Waals surface area contributed by atoms with E-state index in [2.05, 4.69) is 20.9 Å². The van der Waals surface area contributed by atoms with Crippen LogP contribution in [0.3, 0.4) is 0 Å². The summed E-state index contributed by atoms with van der Waals surface area (Å²) in [5.74, 6) is -0.430. The number of anilines is 2. The molecule has 0 saturated heterocycles. The highest BCUT2D eigenvalue weighted by molar-refractivity contribution is 8.00. The molecular formula is C35H29ClN4O4S2. The van der Waals surface area contributed by atoms with Crippen molar-refractivity contribution in [2.75, 3.05) is 23.0 Å². The Balaban J connectivity index is 1.25. The summed E-state index contributed by atoms with van der Waals surface area (Å²) in [6.07, 6.45) is 1.58. The SMILES string of the molecule is CCOc1ccccc1/C=C(/NC(=O)c1ccccc1)C(=O)Nc1cccc(SCC(=O)Nc2nc(-c3ccc(Cl)cc3)cs2)c1. The molecule has 5 rings (SSSR count). The average Bonchev–Trinajstić information content (AvgIpc) is 3.53. The van der Waals surface area contributed by atoms with Gasteiger partial charge in [-0.25, -0.2) is 4.98 Å². The third-order valence-corrected chi connectivity index (χ3v) is 8.40. The standard InChI is InChI=1S/C35H29ClN4O4S2/c1-2-44-31-14-7-6-11-25(31)19-29(38-33(42)24-9-4-3-5-10-24)34(43)37-27-12-8-13-28(20-27)45-22-32(41)40-35-39-30(21-46-35)23-15-17-26(36)18-16-23/h3-21H,2,22H2,1H3,(H,37,43)(H,38,42)(H,39,40,41)/b29-19+. The van der Waals surface area contributed by atoms with E-state index in [-0.39, 0.29) is 17.4 Å². The number of amides is 3. The number of aromatic nitrogens is 1. The number of nitrogens with zero attached hydrogens (tertiary/aromatic N) is 1. The topological polar surface area (TPSA) is 109 Å². The lowest BCUT2D eigenvalue weighted by Crippen LogP contribution is -2.30. The summed E-state index contributed by atoms with van der Waals surface area (Å²) in [7, 11) is 0. The van der Waals surface area contributed by atoms with Gasteiger partial charge < -0.3 is 20.7 Å². The van der Waals surface area contributed by atoms with Crippen LogP contribution in [0.25, 0.3) is 17.3 Å². The maximum absolute atomic E-state index is 13.5. The Morgan fingerprint density at radius 1 is 0.913 bits per heavy atom. The minimum absolute atomic E-state index is 0.0415. The number of carbonyl (C=O) groups excluding carboxylic acids is 3. The number of thiazole rings is 1. The predicted octanol–water partition coefficient (Wildman–Crippen LogP) is 8.00. The van der Waals surface area contributed by atoms with Gasteiger partial charge in [-0.2, -0.15) is 0 Å². The van der Waals surface area contributed by atoms with Gasteiger partial charge in [0.1, 0.15) is 11.4 Å². The lowest BCUT2D eigenvalue weighted by atomic mass is 10.1. The second-order valence-corrected chi connectivity index (χ2v) is 12.1. The summed E-state index contributed by atoms with van der Waals surface area (Å²) >= 11 is 8.63. The molecule has 4 aromatic carbocycles. The minimum atomic E-state index is -0.518. The van der Waals surface area contributed by atoms with Gasteiger partial charge in [-0.05, 0) is 61.5 Å². The number of thioether (sulfide) groups is 1. The second kappa shape index (κ2) is 15.9. The number of halogens is 1. The number of nitrogens with one attached hydrogen (secondary N) is 3. The Morgan fingerprint density at radius 2 is 1.67 bits per heavy atom. The summed E-state index contributed by atoms with van der Waals surface area (Å²) in [4.78, 5) is 44.5. The molecular weight excluding hydrogens is 640 g/mol. The molecule has 0 atom stereocenters. The van der Waals surface area contributed by atoms with Gasteiger partial charge in [0.05, 0.1) is 18.1 Å². The van der Waals surface area contributed by atoms with Crippen LogP contribution >= 0.6 is 34.7 Å². The molecule has 0 unspecified atom stereocenters. The van der Waals surface area contributed by atoms with Crippen LogP contribution < -0.4 is 20.7 Å². The van der Waals surface area contributed by atoms with Crippen molar-refractivity contribution in [3.8, 4) is 17.0 Å². The van der Waals surface area contributed by atoms with Crippen molar-refractivity contribution in [1.29, 1.82) is 0 Å². The molecule has 0 aliphatic heterocycles. The fourth-order valence-electron chi connectivity index (χ4n) is 4.24. The summed E-state index contributed by atoms with van der Waals surface area (Å²) < 4.78 is 5.72. The fraction of sp³-hybridized carbons (Fsp3) is 0.0857. The molecule has 3 N–H and O–H groups in total. The van der Waals surface area contributed by atoms with Gasteiger partial charge in [0.2, 0.25) is 5.91 Å². The van der Waals surface area contributed by atoms with Crippen LogP contribution in [0, 0.1) is 0 Å². The zero-order chi connectivity index (χ0) is 32.3. The summed E-state index contributed by atoms with van der Waals surface area (Å²) in [5.41, 5.74) is 3.25. The smallest absolute Gasteiger partial charge is 0.272 e. The van der Waals surface area contributed by atoms with Gasteiger partial charge in [-0.15, -0.1) is 23.1 Å². The highest BCUT2D eigenvalue weighted by Gasteiger charge is 2.17. The van der Waals surface area contributed by atoms with Crippen LogP contribution in [0.2, 0.25) is 5.02 Å². The third kappa shape index (κ3) is 9.07. The van der Waals surface area contributed by atoms with E-state index in [1.807, 2.05) is 48.7 Å². The molecule has 0 bridgehead atoms. The largest absolute Gasteiger partial charge is 0.493 e. The molecule has 232 valence electrons. The van der Waals surface area contributed by atoms with E-state index in [9.17, 15) is 14.4 Å². The van der Waals surface area contributed by atoms with Crippen LogP contribution in [0.5, 0.6) is 5.75 Å². The first-order valence-electron chi connectivity index (χ1n) is 14.2. The quantitative estimate of drug-likeness (QED) is 0.0918. The maximum Gasteiger partial charge on any atom is 0.272 e. The fourth-order valence-corrected chi connectivity index (χ4v) is 5.85. The monoisotopic (exact) mass is 668 g/mol. The Hall–Kier alpha value is -4.90. The lowest BCUT2D eigenvalue weighted by molar-refractivity contribution is -0.114. The third-order valence-electron chi connectivity index (χ3n) is 6.40. The Morgan fingerprint density at radius 3 is 2.46 bits per heavy atom. The van der Waals surface area contributed by atoms with E-state index in [4.69, 9.17) is 16.3 Å². The van der Waals surface area contributed by atoms with Crippen LogP contribution in [-0.4, -0.2) is 35.1 Å². The van der Waals surface area contributed by atoms with Gasteiger partial charge in [-0.1, -0.05) is 66.2 Å². The van der Waals surface area contributed by atoms with E-state index in [0.29, 0.717) is 39.3 Å². The molecule has 0 fully saturated rings. The van der Waals surface area contributed by atoms with Crippen molar-refractivity contribution in [2.45, 2.75) is 11.8 Å². The molecule has 46 heavy (non-hydrogen) atoms. The molecule has 0 aliphatic carbocycles. The van der Waals surface area contributed by atoms with Crippen molar-refractivity contribution in [1.82, 2.24) is 10.3 Å². The predicted molar refractivity (Wildman–Crippen MR) is 186 cm³/mol. The zero-order valence-corrected chi connectivity index (χ0v) is 27.0. The van der Waals surface area contributed by atoms with E-state index < -0.39 is 11.8 Å². The Bertz CT molecular complexity index is 1860. The van der Waals surface area contributed by atoms with Crippen molar-refractivity contribution >= 4 is 69.3 Å². The molecule has 11 heteroatoms. The molecule has 1 heterocycles. The lowest BCUT2D eigenvalue weighted by Gasteiger charge is -2.13. The van der Waals surface area contributed by atoms with Crippen LogP contribution in [0.1, 0.15) is 22.8 Å². The van der Waals surface area contributed by atoms with Crippen molar-refractivity contribution in [2.24, 2.45) is 0 Å². The number of rotatable bonds is 12. The maximum atomic E-state index is 13.5. The van der Waals surface area contributed by atoms with E-state index in [0.717, 1.165) is 16.2 Å². The van der Waals surface area contributed by atoms with Gasteiger partial charge in [0, 0.05) is 37.7 Å². The molecule has 1 aromatic heterocycles. The van der Waals surface area contributed by atoms with Crippen LogP contribution in [0.4, 0.5) is 10.8 Å². The summed E-state index contributed by atoms with van der Waals surface area (Å²) in [5, 5.41) is 11.5. The summed E-state index contributed by atoms with van der Waals surface area (Å²) in [6.45, 7) is 2.32. The highest BCUT2D eigenvalue weighted by Crippen LogP contribution is 2.27. The van der Waals surface area contributed by atoms with Crippen molar-refractivity contribution < 1.29 is 19.1 Å². The molecule has 0 aliphatic rings. The van der Waals surface area contributed by atoms with Gasteiger partial charge >= 0.3 is 0 Å². The molecule has 8 nitrogen and oxygen atoms in total. The summed E-state index contributed by atoms with van der Waals surface area (Å²) in [6, 6.07) is 30.4. The Kier molecular flexibility index (Phi) is 11.2. The van der Waals surface area contributed by atoms with E-state index in [1.165, 1.54) is 23.1 Å². The van der Waals surface area contributed by atoms with Gasteiger partial charge in [0.25, 0.3) is 11.8 Å². The molecule has 0 radical (unpaired) electrons. The number of para-hydroxylation sites is 1. The number of hydrogen-bond donors (Lipinski definition) is 3. The van der Waals surface area contributed by atoms with Crippen LogP contribution in [0.15, 0.2) is 119 Å². The normalized spacial score (nSPS) is 11.0. The van der Waals surface area contributed by atoms with Crippen LogP contribution in [-0.2, 0) is 9.59 Å². The van der Waals surface area contributed by atoms with E-state index >= 15 is 0 Å². The highest BCUT2D eigenvalue weighted by atomic mass is 35.5. The number of carbonyl (C=O) groups is 3. The molecule has 0 saturated carbocycles. The van der Waals surface area contributed by atoms with Crippen molar-refractivity contribution in [3.05, 3.63) is 130 Å². The Labute approximate surface area is 279 Å².